The fourth-order valence-corrected chi connectivity index (χ4v) is 5.25. The van der Waals surface area contributed by atoms with Gasteiger partial charge in [0, 0.05) is 18.0 Å². The van der Waals surface area contributed by atoms with Crippen molar-refractivity contribution < 1.29 is 4.79 Å². The fourth-order valence-electron chi connectivity index (χ4n) is 5.25. The molecule has 0 atom stereocenters. The lowest BCUT2D eigenvalue weighted by Gasteiger charge is -2.40. The number of carbonyl (C=O) groups is 1. The molecule has 1 aromatic rings. The van der Waals surface area contributed by atoms with Crippen LogP contribution in [-0.2, 0) is 12.8 Å². The van der Waals surface area contributed by atoms with Crippen molar-refractivity contribution in [1.82, 2.24) is 15.1 Å². The quantitative estimate of drug-likeness (QED) is 0.765. The molecule has 1 aromatic carbocycles. The van der Waals surface area contributed by atoms with Gasteiger partial charge in [0.15, 0.2) is 5.78 Å². The van der Waals surface area contributed by atoms with E-state index in [1.54, 1.807) is 0 Å². The summed E-state index contributed by atoms with van der Waals surface area (Å²) in [5.74, 6) is 0.322. The summed E-state index contributed by atoms with van der Waals surface area (Å²) < 4.78 is 0. The summed E-state index contributed by atoms with van der Waals surface area (Å²) in [6.07, 6.45) is 10.6. The van der Waals surface area contributed by atoms with Gasteiger partial charge in [0.05, 0.1) is 0 Å². The lowest BCUT2D eigenvalue weighted by molar-refractivity contribution is 0.0886. The molecule has 0 aliphatic carbocycles. The lowest BCUT2D eigenvalue weighted by Crippen LogP contribution is -2.46. The molecule has 0 unspecified atom stereocenters. The molecule has 4 rings (SSSR count). The van der Waals surface area contributed by atoms with Crippen LogP contribution in [0.1, 0.15) is 66.4 Å². The van der Waals surface area contributed by atoms with Crippen LogP contribution in [0.4, 0.5) is 0 Å². The van der Waals surface area contributed by atoms with E-state index in [9.17, 15) is 4.79 Å². The molecule has 0 radical (unpaired) electrons. The Balaban J connectivity index is 1.19. The molecule has 2 fully saturated rings. The fraction of sp³-hybridized carbons (Fsp3) is 0.708. The van der Waals surface area contributed by atoms with E-state index in [1.165, 1.54) is 69.4 Å². The number of nitrogens with one attached hydrogen (secondary N) is 1. The summed E-state index contributed by atoms with van der Waals surface area (Å²) in [6.45, 7) is 8.20. The normalized spacial score (nSPS) is 22.6. The largest absolute Gasteiger partial charge is 0.316 e. The minimum absolute atomic E-state index is 0.322. The summed E-state index contributed by atoms with van der Waals surface area (Å²) in [5.41, 5.74) is 3.71. The summed E-state index contributed by atoms with van der Waals surface area (Å²) in [6, 6.07) is 7.21. The van der Waals surface area contributed by atoms with Crippen molar-refractivity contribution in [3.63, 3.8) is 0 Å². The second-order valence-corrected chi connectivity index (χ2v) is 8.93. The zero-order valence-electron chi connectivity index (χ0n) is 17.4. The molecule has 0 aromatic heterocycles. The number of ketones is 1. The Morgan fingerprint density at radius 1 is 0.964 bits per heavy atom. The predicted octanol–water partition coefficient (Wildman–Crippen LogP) is 3.29. The molecule has 4 heteroatoms. The van der Waals surface area contributed by atoms with Crippen LogP contribution in [0.5, 0.6) is 0 Å². The molecule has 0 saturated carbocycles. The van der Waals surface area contributed by atoms with Gasteiger partial charge in [-0.05, 0) is 108 Å². The molecule has 0 spiro atoms. The van der Waals surface area contributed by atoms with Crippen LogP contribution < -0.4 is 5.32 Å². The van der Waals surface area contributed by atoms with Crippen molar-refractivity contribution in [2.24, 2.45) is 0 Å². The summed E-state index contributed by atoms with van der Waals surface area (Å²) in [4.78, 5) is 18.0. The van der Waals surface area contributed by atoms with Crippen molar-refractivity contribution in [2.75, 3.05) is 45.8 Å². The molecule has 4 nitrogen and oxygen atoms in total. The second kappa shape index (κ2) is 10.00. The molecule has 3 aliphatic rings. The van der Waals surface area contributed by atoms with Gasteiger partial charge in [0.25, 0.3) is 0 Å². The van der Waals surface area contributed by atoms with Crippen LogP contribution in [0, 0.1) is 0 Å². The van der Waals surface area contributed by atoms with E-state index in [2.05, 4.69) is 33.3 Å². The maximum absolute atomic E-state index is 12.7. The van der Waals surface area contributed by atoms with Gasteiger partial charge in [0.1, 0.15) is 0 Å². The van der Waals surface area contributed by atoms with Gasteiger partial charge in [-0.3, -0.25) is 4.79 Å². The van der Waals surface area contributed by atoms with E-state index in [-0.39, 0.29) is 0 Å². The van der Waals surface area contributed by atoms with Crippen LogP contribution in [0.25, 0.3) is 0 Å². The van der Waals surface area contributed by atoms with Gasteiger partial charge in [-0.1, -0.05) is 18.6 Å². The van der Waals surface area contributed by atoms with Gasteiger partial charge in [0.2, 0.25) is 0 Å². The number of piperidine rings is 2. The Morgan fingerprint density at radius 3 is 2.50 bits per heavy atom. The van der Waals surface area contributed by atoms with Crippen LogP contribution >= 0.6 is 0 Å². The van der Waals surface area contributed by atoms with Crippen LogP contribution in [0.2, 0.25) is 0 Å². The van der Waals surface area contributed by atoms with Gasteiger partial charge in [-0.25, -0.2) is 0 Å². The minimum Gasteiger partial charge on any atom is -0.316 e. The number of nitrogens with zero attached hydrogens (tertiary/aromatic N) is 2. The zero-order chi connectivity index (χ0) is 19.2. The van der Waals surface area contributed by atoms with E-state index < -0.39 is 0 Å². The molecule has 3 aliphatic heterocycles. The van der Waals surface area contributed by atoms with E-state index in [1.807, 2.05) is 0 Å². The molecular formula is C24H37N3O. The molecule has 28 heavy (non-hydrogen) atoms. The maximum Gasteiger partial charge on any atom is 0.162 e. The zero-order valence-corrected chi connectivity index (χ0v) is 17.4. The number of likely N-dealkylation sites (tertiary alicyclic amines) is 2. The first-order valence-corrected chi connectivity index (χ1v) is 11.6. The molecule has 3 heterocycles. The number of hydrogen-bond acceptors (Lipinski definition) is 4. The van der Waals surface area contributed by atoms with E-state index >= 15 is 0 Å². The molecule has 1 N–H and O–H groups in total. The Labute approximate surface area is 170 Å². The van der Waals surface area contributed by atoms with Gasteiger partial charge < -0.3 is 15.1 Å². The van der Waals surface area contributed by atoms with Crippen molar-refractivity contribution in [1.29, 1.82) is 0 Å². The van der Waals surface area contributed by atoms with Crippen LogP contribution in [0.3, 0.4) is 0 Å². The van der Waals surface area contributed by atoms with E-state index in [0.717, 1.165) is 50.5 Å². The van der Waals surface area contributed by atoms with Crippen molar-refractivity contribution in [3.8, 4) is 0 Å². The highest BCUT2D eigenvalue weighted by atomic mass is 16.1. The van der Waals surface area contributed by atoms with Gasteiger partial charge in [-0.2, -0.15) is 0 Å². The van der Waals surface area contributed by atoms with E-state index in [4.69, 9.17) is 0 Å². The monoisotopic (exact) mass is 383 g/mol. The summed E-state index contributed by atoms with van der Waals surface area (Å²) >= 11 is 0. The summed E-state index contributed by atoms with van der Waals surface area (Å²) in [7, 11) is 0. The maximum atomic E-state index is 12.7. The Morgan fingerprint density at radius 2 is 1.71 bits per heavy atom. The highest BCUT2D eigenvalue weighted by Crippen LogP contribution is 2.21. The van der Waals surface area contributed by atoms with Crippen molar-refractivity contribution in [2.45, 2.75) is 63.8 Å². The predicted molar refractivity (Wildman–Crippen MR) is 115 cm³/mol. The van der Waals surface area contributed by atoms with Gasteiger partial charge >= 0.3 is 0 Å². The van der Waals surface area contributed by atoms with E-state index in [0.29, 0.717) is 12.2 Å². The first-order valence-electron chi connectivity index (χ1n) is 11.6. The van der Waals surface area contributed by atoms with Crippen LogP contribution in [-0.4, -0.2) is 67.4 Å². The molecule has 0 amide bonds. The number of fused-ring (bicyclic) bond motifs is 1. The Hall–Kier alpha value is -1.23. The third-order valence-corrected chi connectivity index (χ3v) is 7.01. The Kier molecular flexibility index (Phi) is 7.16. The topological polar surface area (TPSA) is 35.6 Å². The highest BCUT2D eigenvalue weighted by molar-refractivity contribution is 5.96. The first kappa shape index (κ1) is 20.1. The number of Topliss-reactive ketones (excluding diaryl/α,β-unsaturated/α-hetero) is 1. The standard InChI is InChI=1S/C24H37N3O/c28-24(22-7-6-20-8-12-25-13-9-21(20)19-22)5-4-14-26-17-10-23(11-18-26)27-15-2-1-3-16-27/h6-7,19,23,25H,1-5,8-18H2. The van der Waals surface area contributed by atoms with Crippen molar-refractivity contribution >= 4 is 5.78 Å². The molecule has 0 bridgehead atoms. The lowest BCUT2D eigenvalue weighted by atomic mass is 9.96. The van der Waals surface area contributed by atoms with Gasteiger partial charge in [-0.15, -0.1) is 0 Å². The number of hydrogen-bond donors (Lipinski definition) is 1. The smallest absolute Gasteiger partial charge is 0.162 e. The molecule has 154 valence electrons. The number of rotatable bonds is 6. The molecular weight excluding hydrogens is 346 g/mol. The summed E-state index contributed by atoms with van der Waals surface area (Å²) in [5, 5.41) is 3.44. The average Bonchev–Trinajstić information content (AvgIpc) is 2.99. The first-order chi connectivity index (χ1) is 13.8. The second-order valence-electron chi connectivity index (χ2n) is 8.93. The van der Waals surface area contributed by atoms with Crippen molar-refractivity contribution in [3.05, 3.63) is 34.9 Å². The van der Waals surface area contributed by atoms with Crippen LogP contribution in [0.15, 0.2) is 18.2 Å². The Bertz CT molecular complexity index is 645. The minimum atomic E-state index is 0.322. The number of benzene rings is 1. The number of carbonyl (C=O) groups excluding carboxylic acids is 1. The molecule has 2 saturated heterocycles. The third kappa shape index (κ3) is 5.22. The third-order valence-electron chi connectivity index (χ3n) is 7.01. The highest BCUT2D eigenvalue weighted by Gasteiger charge is 2.25. The SMILES string of the molecule is O=C(CCCN1CCC(N2CCCCC2)CC1)c1ccc2c(c1)CCNCC2. The average molecular weight is 384 g/mol.